The number of methoxy groups -OCH3 is 1. The summed E-state index contributed by atoms with van der Waals surface area (Å²) in [5.74, 6) is 1.86. The first-order valence-electron chi connectivity index (χ1n) is 14.6. The van der Waals surface area contributed by atoms with E-state index >= 15 is 0 Å². The Labute approximate surface area is 235 Å². The predicted octanol–water partition coefficient (Wildman–Crippen LogP) is 7.48. The van der Waals surface area contributed by atoms with E-state index in [4.69, 9.17) is 4.74 Å². The van der Waals surface area contributed by atoms with Crippen molar-refractivity contribution in [1.82, 2.24) is 4.98 Å². The zero-order valence-corrected chi connectivity index (χ0v) is 25.0. The van der Waals surface area contributed by atoms with E-state index in [0.29, 0.717) is 11.8 Å². The summed E-state index contributed by atoms with van der Waals surface area (Å²) in [7, 11) is 1.69. The number of quaternary nitrogens is 1. The molecule has 2 bridgehead atoms. The highest BCUT2D eigenvalue weighted by molar-refractivity contribution is 5.83. The molecule has 4 heterocycles. The predicted molar refractivity (Wildman–Crippen MR) is 161 cm³/mol. The molecule has 3 fully saturated rings. The minimum Gasteiger partial charge on any atom is -0.497 e. The van der Waals surface area contributed by atoms with E-state index in [1.165, 1.54) is 23.1 Å². The molecule has 3 aliphatic rings. The number of nitrogens with zero attached hydrogens (tertiary/aromatic N) is 2. The Morgan fingerprint density at radius 2 is 1.74 bits per heavy atom. The fourth-order valence-corrected chi connectivity index (χ4v) is 7.13. The van der Waals surface area contributed by atoms with Gasteiger partial charge in [0.25, 0.3) is 0 Å². The third-order valence-electron chi connectivity index (χ3n) is 9.56. The monoisotopic (exact) mass is 527 g/mol. The zero-order chi connectivity index (χ0) is 28.2. The van der Waals surface area contributed by atoms with Crippen LogP contribution < -0.4 is 4.74 Å². The number of aromatic nitrogens is 1. The summed E-state index contributed by atoms with van der Waals surface area (Å²) in [5, 5.41) is 13.2. The Bertz CT molecular complexity index is 1330. The number of ether oxygens (including phenoxy) is 1. The maximum atomic E-state index is 12.2. The van der Waals surface area contributed by atoms with E-state index in [2.05, 4.69) is 77.4 Å². The lowest BCUT2D eigenvalue weighted by Gasteiger charge is -2.58. The molecule has 0 saturated carbocycles. The Balaban J connectivity index is 1.60. The van der Waals surface area contributed by atoms with Gasteiger partial charge in [0.15, 0.2) is 0 Å². The molecular formula is C35H47N2O2+. The first-order chi connectivity index (χ1) is 18.3. The van der Waals surface area contributed by atoms with Crippen LogP contribution in [-0.2, 0) is 17.4 Å². The summed E-state index contributed by atoms with van der Waals surface area (Å²) in [5.41, 5.74) is 6.16. The van der Waals surface area contributed by atoms with E-state index < -0.39 is 6.10 Å². The van der Waals surface area contributed by atoms with Gasteiger partial charge in [0.2, 0.25) is 0 Å². The number of benzene rings is 2. The van der Waals surface area contributed by atoms with Crippen LogP contribution in [0.5, 0.6) is 5.75 Å². The van der Waals surface area contributed by atoms with Gasteiger partial charge >= 0.3 is 0 Å². The first-order valence-corrected chi connectivity index (χ1v) is 14.6. The molecule has 3 aromatic rings. The number of fused-ring (bicyclic) bond motifs is 4. The number of piperidine rings is 3. The number of aliphatic hydroxyl groups excluding tert-OH is 1. The van der Waals surface area contributed by atoms with Crippen LogP contribution in [0.3, 0.4) is 0 Å². The number of hydrogen-bond acceptors (Lipinski definition) is 3. The van der Waals surface area contributed by atoms with Gasteiger partial charge in [-0.1, -0.05) is 53.7 Å². The Morgan fingerprint density at radius 1 is 1.05 bits per heavy atom. The standard InChI is InChI=1S/C35H47N2O2/c1-9-24-22-37(21-23-16-26(34(2,3)4)19-27(17-23)35(5,6)7)15-13-25(24)18-32(37)33(38)29-12-14-36-31-11-10-28(39-8)20-30(29)31/h9-12,14,16-17,19-20,24-25,32-33,38H,1,13,15,18,21-22H2,2-8H3/q+1/t24?,25?,32-,33?,37?/m0/s1. The summed E-state index contributed by atoms with van der Waals surface area (Å²) in [6, 6.07) is 15.3. The molecule has 0 radical (unpaired) electrons. The molecule has 5 atom stereocenters. The minimum absolute atomic E-state index is 0.0719. The molecule has 4 nitrogen and oxygen atoms in total. The van der Waals surface area contributed by atoms with Gasteiger partial charge in [0, 0.05) is 35.9 Å². The van der Waals surface area contributed by atoms with Gasteiger partial charge < -0.3 is 14.3 Å². The molecule has 208 valence electrons. The van der Waals surface area contributed by atoms with Crippen LogP contribution in [0, 0.1) is 11.8 Å². The number of aliphatic hydroxyl groups is 1. The van der Waals surface area contributed by atoms with Crippen molar-refractivity contribution in [2.24, 2.45) is 11.8 Å². The largest absolute Gasteiger partial charge is 0.497 e. The summed E-state index contributed by atoms with van der Waals surface area (Å²) in [4.78, 5) is 4.58. The summed E-state index contributed by atoms with van der Waals surface area (Å²) in [6.07, 6.45) is 5.64. The average Bonchev–Trinajstić information content (AvgIpc) is 2.90. The van der Waals surface area contributed by atoms with Gasteiger partial charge in [0.05, 0.1) is 25.7 Å². The topological polar surface area (TPSA) is 42.4 Å². The molecule has 1 N–H and O–H groups in total. The SMILES string of the molecule is C=CC1C[N+]2(Cc3cc(C(C)(C)C)cc(C(C)(C)C)c3)CCC1C[C@H]2C(O)c1ccnc2ccc(OC)cc12. The van der Waals surface area contributed by atoms with Crippen molar-refractivity contribution in [1.29, 1.82) is 0 Å². The lowest BCUT2D eigenvalue weighted by atomic mass is 9.71. The molecule has 0 spiro atoms. The van der Waals surface area contributed by atoms with Crippen LogP contribution in [0.4, 0.5) is 0 Å². The number of pyridine rings is 1. The third kappa shape index (κ3) is 5.26. The molecule has 2 aromatic carbocycles. The molecule has 1 aromatic heterocycles. The molecule has 0 amide bonds. The third-order valence-corrected chi connectivity index (χ3v) is 9.56. The quantitative estimate of drug-likeness (QED) is 0.267. The fraction of sp³-hybridized carbons (Fsp3) is 0.514. The van der Waals surface area contributed by atoms with Crippen LogP contribution in [-0.4, -0.2) is 40.8 Å². The van der Waals surface area contributed by atoms with Crippen LogP contribution in [0.15, 0.2) is 61.3 Å². The Hall–Kier alpha value is -2.69. The van der Waals surface area contributed by atoms with E-state index in [9.17, 15) is 5.11 Å². The van der Waals surface area contributed by atoms with Gasteiger partial charge in [0.1, 0.15) is 24.4 Å². The second-order valence-electron chi connectivity index (χ2n) is 14.2. The second kappa shape index (κ2) is 10.1. The molecule has 4 unspecified atom stereocenters. The highest BCUT2D eigenvalue weighted by Gasteiger charge is 2.54. The van der Waals surface area contributed by atoms with Crippen molar-refractivity contribution in [3.05, 3.63) is 83.6 Å². The number of rotatable bonds is 6. The van der Waals surface area contributed by atoms with E-state index in [1.54, 1.807) is 7.11 Å². The smallest absolute Gasteiger partial charge is 0.131 e. The summed E-state index contributed by atoms with van der Waals surface area (Å²) >= 11 is 0. The zero-order valence-electron chi connectivity index (χ0n) is 25.0. The lowest BCUT2D eigenvalue weighted by molar-refractivity contribution is -0.984. The lowest BCUT2D eigenvalue weighted by Crippen LogP contribution is -2.67. The maximum Gasteiger partial charge on any atom is 0.131 e. The molecule has 6 rings (SSSR count). The Kier molecular flexibility index (Phi) is 7.18. The van der Waals surface area contributed by atoms with Crippen molar-refractivity contribution < 1.29 is 14.3 Å². The average molecular weight is 528 g/mol. The van der Waals surface area contributed by atoms with Crippen molar-refractivity contribution in [2.45, 2.75) is 83.9 Å². The minimum atomic E-state index is -0.580. The van der Waals surface area contributed by atoms with Gasteiger partial charge in [-0.25, -0.2) is 0 Å². The van der Waals surface area contributed by atoms with Crippen LogP contribution in [0.25, 0.3) is 10.9 Å². The van der Waals surface area contributed by atoms with Crippen LogP contribution in [0.1, 0.15) is 82.7 Å². The summed E-state index contributed by atoms with van der Waals surface area (Å²) in [6.45, 7) is 21.1. The molecule has 0 aliphatic carbocycles. The molecule has 3 saturated heterocycles. The highest BCUT2D eigenvalue weighted by atomic mass is 16.5. The molecular weight excluding hydrogens is 480 g/mol. The van der Waals surface area contributed by atoms with Crippen molar-refractivity contribution in [3.8, 4) is 5.75 Å². The van der Waals surface area contributed by atoms with Crippen molar-refractivity contribution in [2.75, 3.05) is 20.2 Å². The maximum absolute atomic E-state index is 12.2. The van der Waals surface area contributed by atoms with Crippen molar-refractivity contribution in [3.63, 3.8) is 0 Å². The fourth-order valence-electron chi connectivity index (χ4n) is 7.13. The first kappa shape index (κ1) is 27.9. The van der Waals surface area contributed by atoms with E-state index in [-0.39, 0.29) is 16.9 Å². The second-order valence-corrected chi connectivity index (χ2v) is 14.2. The molecule has 4 heteroatoms. The van der Waals surface area contributed by atoms with E-state index in [1.807, 2.05) is 30.5 Å². The normalized spacial score (nSPS) is 26.0. The highest BCUT2D eigenvalue weighted by Crippen LogP contribution is 2.48. The van der Waals surface area contributed by atoms with Gasteiger partial charge in [-0.05, 0) is 69.8 Å². The molecule has 39 heavy (non-hydrogen) atoms. The van der Waals surface area contributed by atoms with Gasteiger partial charge in [-0.15, -0.1) is 6.58 Å². The van der Waals surface area contributed by atoms with Crippen LogP contribution in [0.2, 0.25) is 0 Å². The van der Waals surface area contributed by atoms with E-state index in [0.717, 1.165) is 52.8 Å². The molecule has 3 aliphatic heterocycles. The Morgan fingerprint density at radius 3 is 2.36 bits per heavy atom. The van der Waals surface area contributed by atoms with Crippen LogP contribution >= 0.6 is 0 Å². The van der Waals surface area contributed by atoms with Gasteiger partial charge in [-0.2, -0.15) is 0 Å². The van der Waals surface area contributed by atoms with Gasteiger partial charge in [-0.3, -0.25) is 4.98 Å². The van der Waals surface area contributed by atoms with Crippen molar-refractivity contribution >= 4 is 10.9 Å². The number of hydrogen-bond donors (Lipinski definition) is 1. The summed E-state index contributed by atoms with van der Waals surface area (Å²) < 4.78 is 6.43.